The van der Waals surface area contributed by atoms with Crippen molar-refractivity contribution in [3.8, 4) is 0 Å². The van der Waals surface area contributed by atoms with Gasteiger partial charge in [-0.2, -0.15) is 0 Å². The van der Waals surface area contributed by atoms with Crippen LogP contribution in [0, 0.1) is 6.92 Å². The van der Waals surface area contributed by atoms with Crippen molar-refractivity contribution in [1.29, 1.82) is 0 Å². The fourth-order valence-corrected chi connectivity index (χ4v) is 2.56. The Balaban J connectivity index is 1.93. The molecule has 0 aliphatic rings. The summed E-state index contributed by atoms with van der Waals surface area (Å²) in [5.74, 6) is 0. The number of aromatic nitrogens is 2. The smallest absolute Gasteiger partial charge is 0.170 e. The molecule has 5 heteroatoms. The van der Waals surface area contributed by atoms with Gasteiger partial charge in [-0.15, -0.1) is 0 Å². The average Bonchev–Trinajstić information content (AvgIpc) is 2.91. The van der Waals surface area contributed by atoms with Gasteiger partial charge in [-0.3, -0.25) is 0 Å². The molecule has 0 atom stereocenters. The highest BCUT2D eigenvalue weighted by atomic mass is 32.2. The number of rotatable bonds is 7. The first-order chi connectivity index (χ1) is 9.29. The molecule has 0 bridgehead atoms. The molecular formula is C14H19N3OS. The van der Waals surface area contributed by atoms with E-state index in [0.717, 1.165) is 24.9 Å². The number of benzene rings is 1. The molecule has 102 valence electrons. The van der Waals surface area contributed by atoms with Crippen LogP contribution in [0.5, 0.6) is 0 Å². The summed E-state index contributed by atoms with van der Waals surface area (Å²) in [7, 11) is 1.71. The molecule has 0 unspecified atom stereocenters. The van der Waals surface area contributed by atoms with Crippen LogP contribution in [-0.4, -0.2) is 30.2 Å². The lowest BCUT2D eigenvalue weighted by Gasteiger charge is -2.08. The van der Waals surface area contributed by atoms with Crippen LogP contribution >= 0.6 is 11.8 Å². The van der Waals surface area contributed by atoms with Crippen LogP contribution < -0.4 is 5.32 Å². The Labute approximate surface area is 118 Å². The quantitative estimate of drug-likeness (QED) is 0.764. The normalized spacial score (nSPS) is 10.8. The van der Waals surface area contributed by atoms with Crippen molar-refractivity contribution < 1.29 is 4.74 Å². The number of nitrogens with one attached hydrogen (secondary N) is 2. The minimum Gasteiger partial charge on any atom is -0.383 e. The molecule has 1 heterocycles. The Morgan fingerprint density at radius 3 is 3.00 bits per heavy atom. The number of aromatic amines is 1. The number of ether oxygens (including phenoxy) is 1. The second-order valence-electron chi connectivity index (χ2n) is 4.27. The summed E-state index contributed by atoms with van der Waals surface area (Å²) < 4.78 is 5.01. The highest BCUT2D eigenvalue weighted by Gasteiger charge is 2.04. The standard InChI is InChI=1S/C14H19N3OS/c1-11-9-12(10-15-7-8-18-2)3-4-13(11)19-14-16-5-6-17-14/h3-6,9,15H,7-8,10H2,1-2H3,(H,16,17). The van der Waals surface area contributed by atoms with Crippen LogP contribution in [0.25, 0.3) is 0 Å². The summed E-state index contributed by atoms with van der Waals surface area (Å²) in [6.07, 6.45) is 3.61. The number of aryl methyl sites for hydroxylation is 1. The average molecular weight is 277 g/mol. The summed E-state index contributed by atoms with van der Waals surface area (Å²) in [4.78, 5) is 8.56. The number of hydrogen-bond acceptors (Lipinski definition) is 4. The van der Waals surface area contributed by atoms with E-state index in [4.69, 9.17) is 4.74 Å². The van der Waals surface area contributed by atoms with Crippen molar-refractivity contribution in [2.75, 3.05) is 20.3 Å². The molecule has 2 aromatic rings. The summed E-state index contributed by atoms with van der Waals surface area (Å²) in [6, 6.07) is 6.51. The molecule has 0 aliphatic carbocycles. The van der Waals surface area contributed by atoms with Gasteiger partial charge in [-0.1, -0.05) is 23.9 Å². The van der Waals surface area contributed by atoms with Gasteiger partial charge >= 0.3 is 0 Å². The van der Waals surface area contributed by atoms with Gasteiger partial charge in [0.15, 0.2) is 5.16 Å². The van der Waals surface area contributed by atoms with Gasteiger partial charge in [-0.05, 0) is 24.1 Å². The first kappa shape index (κ1) is 14.1. The van der Waals surface area contributed by atoms with Crippen LogP contribution in [0.1, 0.15) is 11.1 Å². The minimum atomic E-state index is 0.741. The Bertz CT molecular complexity index is 499. The molecule has 4 nitrogen and oxygen atoms in total. The molecule has 1 aromatic carbocycles. The summed E-state index contributed by atoms with van der Waals surface area (Å²) in [5, 5.41) is 4.27. The lowest BCUT2D eigenvalue weighted by atomic mass is 10.1. The van der Waals surface area contributed by atoms with Gasteiger partial charge < -0.3 is 15.0 Å². The van der Waals surface area contributed by atoms with E-state index in [1.54, 1.807) is 25.1 Å². The SMILES string of the molecule is COCCNCc1ccc(Sc2ncc[nH]2)c(C)c1. The van der Waals surface area contributed by atoms with E-state index in [1.807, 2.05) is 6.20 Å². The number of hydrogen-bond donors (Lipinski definition) is 2. The predicted octanol–water partition coefficient (Wildman–Crippen LogP) is 2.61. The van der Waals surface area contributed by atoms with Gasteiger partial charge in [0.1, 0.15) is 0 Å². The number of H-pyrrole nitrogens is 1. The molecule has 0 fully saturated rings. The van der Waals surface area contributed by atoms with Crippen molar-refractivity contribution in [3.05, 3.63) is 41.7 Å². The van der Waals surface area contributed by atoms with Crippen LogP contribution in [0.15, 0.2) is 40.6 Å². The third-order valence-electron chi connectivity index (χ3n) is 2.73. The monoisotopic (exact) mass is 277 g/mol. The van der Waals surface area contributed by atoms with Crippen LogP contribution in [-0.2, 0) is 11.3 Å². The van der Waals surface area contributed by atoms with Gasteiger partial charge in [0.05, 0.1) is 6.61 Å². The van der Waals surface area contributed by atoms with Crippen LogP contribution in [0.3, 0.4) is 0 Å². The summed E-state index contributed by atoms with van der Waals surface area (Å²) >= 11 is 1.65. The van der Waals surface area contributed by atoms with Crippen LogP contribution in [0.4, 0.5) is 0 Å². The molecule has 19 heavy (non-hydrogen) atoms. The predicted molar refractivity (Wildman–Crippen MR) is 77.5 cm³/mol. The number of imidazole rings is 1. The van der Waals surface area contributed by atoms with Crippen molar-refractivity contribution in [3.63, 3.8) is 0 Å². The molecular weight excluding hydrogens is 258 g/mol. The van der Waals surface area contributed by atoms with E-state index in [0.29, 0.717) is 0 Å². The summed E-state index contributed by atoms with van der Waals surface area (Å²) in [6.45, 7) is 4.61. The second kappa shape index (κ2) is 7.33. The molecule has 2 N–H and O–H groups in total. The van der Waals surface area contributed by atoms with E-state index >= 15 is 0 Å². The maximum Gasteiger partial charge on any atom is 0.170 e. The van der Waals surface area contributed by atoms with Crippen molar-refractivity contribution in [2.45, 2.75) is 23.5 Å². The highest BCUT2D eigenvalue weighted by molar-refractivity contribution is 7.99. The molecule has 0 saturated heterocycles. The fourth-order valence-electron chi connectivity index (χ4n) is 1.75. The van der Waals surface area contributed by atoms with Gasteiger partial charge in [-0.25, -0.2) is 4.98 Å². The van der Waals surface area contributed by atoms with E-state index in [9.17, 15) is 0 Å². The number of methoxy groups -OCH3 is 1. The van der Waals surface area contributed by atoms with Gasteiger partial charge in [0.2, 0.25) is 0 Å². The molecule has 0 radical (unpaired) electrons. The largest absolute Gasteiger partial charge is 0.383 e. The maximum atomic E-state index is 5.01. The number of nitrogens with zero attached hydrogens (tertiary/aromatic N) is 1. The first-order valence-corrected chi connectivity index (χ1v) is 7.07. The Morgan fingerprint density at radius 1 is 1.42 bits per heavy atom. The first-order valence-electron chi connectivity index (χ1n) is 6.26. The molecule has 0 amide bonds. The van der Waals surface area contributed by atoms with Crippen LogP contribution in [0.2, 0.25) is 0 Å². The zero-order valence-electron chi connectivity index (χ0n) is 11.3. The third-order valence-corrected chi connectivity index (χ3v) is 3.83. The Morgan fingerprint density at radius 2 is 2.32 bits per heavy atom. The van der Waals surface area contributed by atoms with E-state index < -0.39 is 0 Å². The molecule has 0 aliphatic heterocycles. The molecule has 0 spiro atoms. The lowest BCUT2D eigenvalue weighted by Crippen LogP contribution is -2.18. The summed E-state index contributed by atoms with van der Waals surface area (Å²) in [5.41, 5.74) is 2.56. The highest BCUT2D eigenvalue weighted by Crippen LogP contribution is 2.28. The lowest BCUT2D eigenvalue weighted by molar-refractivity contribution is 0.199. The molecule has 0 saturated carbocycles. The third kappa shape index (κ3) is 4.38. The van der Waals surface area contributed by atoms with Gasteiger partial charge in [0.25, 0.3) is 0 Å². The van der Waals surface area contributed by atoms with Crippen molar-refractivity contribution in [1.82, 2.24) is 15.3 Å². The topological polar surface area (TPSA) is 49.9 Å². The molecule has 1 aromatic heterocycles. The second-order valence-corrected chi connectivity index (χ2v) is 5.30. The van der Waals surface area contributed by atoms with Crippen molar-refractivity contribution >= 4 is 11.8 Å². The van der Waals surface area contributed by atoms with E-state index in [2.05, 4.69) is 40.4 Å². The fraction of sp³-hybridized carbons (Fsp3) is 0.357. The zero-order valence-corrected chi connectivity index (χ0v) is 12.1. The maximum absolute atomic E-state index is 5.01. The Kier molecular flexibility index (Phi) is 5.44. The minimum absolute atomic E-state index is 0.741. The van der Waals surface area contributed by atoms with Gasteiger partial charge in [0, 0.05) is 37.5 Å². The van der Waals surface area contributed by atoms with E-state index in [-0.39, 0.29) is 0 Å². The Hall–Kier alpha value is -1.30. The van der Waals surface area contributed by atoms with E-state index in [1.165, 1.54) is 16.0 Å². The van der Waals surface area contributed by atoms with Crippen molar-refractivity contribution in [2.24, 2.45) is 0 Å². The zero-order chi connectivity index (χ0) is 13.5. The molecule has 2 rings (SSSR count).